The van der Waals surface area contributed by atoms with Gasteiger partial charge in [-0.3, -0.25) is 4.99 Å². The molecule has 2 aliphatic rings. The number of nitrogens with one attached hydrogen (secondary N) is 2. The third-order valence-electron chi connectivity index (χ3n) is 5.42. The summed E-state index contributed by atoms with van der Waals surface area (Å²) in [4.78, 5) is 4.36. The molecule has 1 aliphatic carbocycles. The van der Waals surface area contributed by atoms with E-state index >= 15 is 0 Å². The molecule has 1 atom stereocenters. The van der Waals surface area contributed by atoms with E-state index < -0.39 is 0 Å². The normalized spacial score (nSPS) is 20.7. The number of halogens is 1. The Morgan fingerprint density at radius 3 is 2.67 bits per heavy atom. The molecule has 1 unspecified atom stereocenters. The average Bonchev–Trinajstić information content (AvgIpc) is 3.15. The van der Waals surface area contributed by atoms with E-state index in [4.69, 9.17) is 14.2 Å². The van der Waals surface area contributed by atoms with Crippen LogP contribution in [0, 0.1) is 5.41 Å². The molecular formula is C20H32IN3O3. The number of ether oxygens (including phenoxy) is 3. The van der Waals surface area contributed by atoms with E-state index in [2.05, 4.69) is 15.6 Å². The number of aliphatic imine (C=N–C) groups is 1. The molecule has 3 rings (SSSR count). The van der Waals surface area contributed by atoms with Crippen molar-refractivity contribution in [3.63, 3.8) is 0 Å². The van der Waals surface area contributed by atoms with Gasteiger partial charge in [0.25, 0.3) is 0 Å². The van der Waals surface area contributed by atoms with Gasteiger partial charge in [0, 0.05) is 27.3 Å². The Balaban J connectivity index is 0.00000261. The van der Waals surface area contributed by atoms with Crippen LogP contribution in [-0.2, 0) is 4.74 Å². The highest BCUT2D eigenvalue weighted by molar-refractivity contribution is 14.0. The van der Waals surface area contributed by atoms with Gasteiger partial charge in [0.15, 0.2) is 17.5 Å². The Morgan fingerprint density at radius 1 is 1.22 bits per heavy atom. The number of rotatable bonds is 7. The summed E-state index contributed by atoms with van der Waals surface area (Å²) < 4.78 is 17.1. The van der Waals surface area contributed by atoms with Crippen molar-refractivity contribution >= 4 is 29.9 Å². The van der Waals surface area contributed by atoms with Gasteiger partial charge in [-0.15, -0.1) is 24.0 Å². The van der Waals surface area contributed by atoms with E-state index in [1.165, 1.54) is 25.7 Å². The molecule has 0 bridgehead atoms. The molecule has 1 aromatic rings. The molecule has 0 spiro atoms. The molecule has 6 nitrogen and oxygen atoms in total. The van der Waals surface area contributed by atoms with Gasteiger partial charge in [-0.2, -0.15) is 0 Å². The Kier molecular flexibility index (Phi) is 8.95. The van der Waals surface area contributed by atoms with Crippen LogP contribution in [0.2, 0.25) is 0 Å². The van der Waals surface area contributed by atoms with Crippen molar-refractivity contribution in [3.05, 3.63) is 24.3 Å². The lowest BCUT2D eigenvalue weighted by Crippen LogP contribution is -2.47. The zero-order valence-electron chi connectivity index (χ0n) is 16.3. The molecule has 1 saturated carbocycles. The third-order valence-corrected chi connectivity index (χ3v) is 5.42. The number of benzene rings is 1. The van der Waals surface area contributed by atoms with Gasteiger partial charge in [0.2, 0.25) is 0 Å². The van der Waals surface area contributed by atoms with Crippen molar-refractivity contribution in [1.82, 2.24) is 10.6 Å². The van der Waals surface area contributed by atoms with E-state index in [9.17, 15) is 0 Å². The van der Waals surface area contributed by atoms with Crippen LogP contribution in [0.3, 0.4) is 0 Å². The highest BCUT2D eigenvalue weighted by Crippen LogP contribution is 2.40. The summed E-state index contributed by atoms with van der Waals surface area (Å²) >= 11 is 0. The largest absolute Gasteiger partial charge is 0.486 e. The standard InChI is InChI=1S/C20H31N3O3.HI/c1-21-19(23-15-20(11-12-24-2)9-5-6-10-20)22-13-16-14-25-17-7-3-4-8-18(17)26-16;/h3-4,7-8,16H,5-6,9-15H2,1-2H3,(H2,21,22,23);1H. The van der Waals surface area contributed by atoms with Gasteiger partial charge in [-0.05, 0) is 36.8 Å². The van der Waals surface area contributed by atoms with Crippen LogP contribution in [0.5, 0.6) is 11.5 Å². The van der Waals surface area contributed by atoms with Crippen LogP contribution in [0.1, 0.15) is 32.1 Å². The molecule has 1 heterocycles. The molecule has 1 aliphatic heterocycles. The summed E-state index contributed by atoms with van der Waals surface area (Å²) in [6.07, 6.45) is 6.21. The van der Waals surface area contributed by atoms with Crippen molar-refractivity contribution in [2.45, 2.75) is 38.2 Å². The maximum absolute atomic E-state index is 5.99. The number of hydrogen-bond acceptors (Lipinski definition) is 4. The van der Waals surface area contributed by atoms with Crippen LogP contribution in [-0.4, -0.2) is 52.5 Å². The Morgan fingerprint density at radius 2 is 1.96 bits per heavy atom. The van der Waals surface area contributed by atoms with E-state index in [1.807, 2.05) is 24.3 Å². The number of para-hydroxylation sites is 2. The molecule has 152 valence electrons. The van der Waals surface area contributed by atoms with Gasteiger partial charge in [-0.25, -0.2) is 0 Å². The van der Waals surface area contributed by atoms with Crippen LogP contribution >= 0.6 is 24.0 Å². The topological polar surface area (TPSA) is 64.1 Å². The summed E-state index contributed by atoms with van der Waals surface area (Å²) in [5.74, 6) is 2.43. The zero-order chi connectivity index (χ0) is 18.2. The maximum atomic E-state index is 5.99. The first kappa shape index (κ1) is 22.1. The average molecular weight is 489 g/mol. The van der Waals surface area contributed by atoms with E-state index in [0.717, 1.165) is 37.0 Å². The highest BCUT2D eigenvalue weighted by atomic mass is 127. The summed E-state index contributed by atoms with van der Waals surface area (Å²) in [6, 6.07) is 7.78. The SMILES string of the molecule is CN=C(NCC1COc2ccccc2O1)NCC1(CCOC)CCCC1.I. The fourth-order valence-corrected chi connectivity index (χ4v) is 3.82. The van der Waals surface area contributed by atoms with Crippen LogP contribution in [0.15, 0.2) is 29.3 Å². The number of fused-ring (bicyclic) bond motifs is 1. The maximum Gasteiger partial charge on any atom is 0.191 e. The van der Waals surface area contributed by atoms with Crippen molar-refractivity contribution < 1.29 is 14.2 Å². The fraction of sp³-hybridized carbons (Fsp3) is 0.650. The smallest absolute Gasteiger partial charge is 0.191 e. The monoisotopic (exact) mass is 489 g/mol. The summed E-state index contributed by atoms with van der Waals surface area (Å²) in [5, 5.41) is 6.88. The minimum absolute atomic E-state index is 0. The quantitative estimate of drug-likeness (QED) is 0.350. The van der Waals surface area contributed by atoms with Gasteiger partial charge in [0.1, 0.15) is 12.7 Å². The van der Waals surface area contributed by atoms with Gasteiger partial charge < -0.3 is 24.8 Å². The zero-order valence-corrected chi connectivity index (χ0v) is 18.7. The number of nitrogens with zero attached hydrogens (tertiary/aromatic N) is 1. The number of guanidine groups is 1. The highest BCUT2D eigenvalue weighted by Gasteiger charge is 2.33. The number of methoxy groups -OCH3 is 1. The first-order valence-corrected chi connectivity index (χ1v) is 9.57. The van der Waals surface area contributed by atoms with Crippen molar-refractivity contribution in [2.24, 2.45) is 10.4 Å². The fourth-order valence-electron chi connectivity index (χ4n) is 3.82. The van der Waals surface area contributed by atoms with Crippen LogP contribution < -0.4 is 20.1 Å². The lowest BCUT2D eigenvalue weighted by atomic mass is 9.83. The second-order valence-corrected chi connectivity index (χ2v) is 7.25. The van der Waals surface area contributed by atoms with Gasteiger partial charge in [0.05, 0.1) is 6.54 Å². The molecule has 27 heavy (non-hydrogen) atoms. The number of hydrogen-bond donors (Lipinski definition) is 2. The first-order valence-electron chi connectivity index (χ1n) is 9.57. The molecule has 0 radical (unpaired) electrons. The van der Waals surface area contributed by atoms with Crippen molar-refractivity contribution in [3.8, 4) is 11.5 Å². The summed E-state index contributed by atoms with van der Waals surface area (Å²) in [5.41, 5.74) is 0.330. The predicted octanol–water partition coefficient (Wildman–Crippen LogP) is 3.21. The Bertz CT molecular complexity index is 606. The van der Waals surface area contributed by atoms with E-state index in [1.54, 1.807) is 14.2 Å². The Labute approximate surface area is 179 Å². The van der Waals surface area contributed by atoms with Crippen molar-refractivity contribution in [2.75, 3.05) is 40.5 Å². The summed E-state index contributed by atoms with van der Waals surface area (Å²) in [7, 11) is 3.58. The first-order chi connectivity index (χ1) is 12.7. The summed E-state index contributed by atoms with van der Waals surface area (Å²) in [6.45, 7) is 2.94. The van der Waals surface area contributed by atoms with Crippen LogP contribution in [0.25, 0.3) is 0 Å². The molecule has 1 aromatic carbocycles. The second-order valence-electron chi connectivity index (χ2n) is 7.25. The molecule has 1 fully saturated rings. The molecule has 7 heteroatoms. The molecule has 2 N–H and O–H groups in total. The third kappa shape index (κ3) is 6.14. The molecule has 0 amide bonds. The predicted molar refractivity (Wildman–Crippen MR) is 119 cm³/mol. The van der Waals surface area contributed by atoms with E-state index in [-0.39, 0.29) is 30.1 Å². The lowest BCUT2D eigenvalue weighted by Gasteiger charge is -2.30. The van der Waals surface area contributed by atoms with Crippen molar-refractivity contribution in [1.29, 1.82) is 0 Å². The Hall–Kier alpha value is -1.22. The van der Waals surface area contributed by atoms with Gasteiger partial charge in [-0.1, -0.05) is 25.0 Å². The molecule has 0 aromatic heterocycles. The van der Waals surface area contributed by atoms with Crippen LogP contribution in [0.4, 0.5) is 0 Å². The molecule has 0 saturated heterocycles. The second kappa shape index (κ2) is 10.9. The minimum Gasteiger partial charge on any atom is -0.486 e. The minimum atomic E-state index is -0.0302. The van der Waals surface area contributed by atoms with Gasteiger partial charge >= 0.3 is 0 Å². The van der Waals surface area contributed by atoms with E-state index in [0.29, 0.717) is 18.6 Å². The molecular weight excluding hydrogens is 457 g/mol. The lowest BCUT2D eigenvalue weighted by molar-refractivity contribution is 0.0935.